The van der Waals surface area contributed by atoms with E-state index in [0.29, 0.717) is 43.2 Å². The van der Waals surface area contributed by atoms with E-state index in [9.17, 15) is 4.79 Å². The molecule has 0 spiro atoms. The molecule has 0 aliphatic carbocycles. The van der Waals surface area contributed by atoms with Crippen molar-refractivity contribution in [3.63, 3.8) is 0 Å². The van der Waals surface area contributed by atoms with E-state index >= 15 is 0 Å². The molecule has 5 nitrogen and oxygen atoms in total. The van der Waals surface area contributed by atoms with Gasteiger partial charge in [0.1, 0.15) is 12.4 Å². The Morgan fingerprint density at radius 1 is 1.00 bits per heavy atom. The molecular weight excluding hydrogens is 561 g/mol. The van der Waals surface area contributed by atoms with Crippen LogP contribution in [0.3, 0.4) is 0 Å². The van der Waals surface area contributed by atoms with Gasteiger partial charge in [-0.25, -0.2) is 0 Å². The lowest BCUT2D eigenvalue weighted by Crippen LogP contribution is -2.13. The number of nitrogens with one attached hydrogen (secondary N) is 1. The van der Waals surface area contributed by atoms with Crippen molar-refractivity contribution in [2.24, 2.45) is 0 Å². The van der Waals surface area contributed by atoms with Crippen LogP contribution in [0, 0.1) is 6.92 Å². The third kappa shape index (κ3) is 6.13. The van der Waals surface area contributed by atoms with Gasteiger partial charge in [-0.2, -0.15) is 5.10 Å². The molecule has 0 saturated heterocycles. The van der Waals surface area contributed by atoms with E-state index < -0.39 is 0 Å². The fourth-order valence-electron chi connectivity index (χ4n) is 3.25. The maximum absolute atomic E-state index is 12.9. The Balaban J connectivity index is 1.42. The summed E-state index contributed by atoms with van der Waals surface area (Å²) in [6.45, 7) is 2.73. The van der Waals surface area contributed by atoms with Crippen LogP contribution in [0.25, 0.3) is 0 Å². The number of amides is 1. The van der Waals surface area contributed by atoms with E-state index in [4.69, 9.17) is 39.5 Å². The summed E-state index contributed by atoms with van der Waals surface area (Å²) in [5, 5.41) is 8.82. The highest BCUT2D eigenvalue weighted by atomic mass is 79.9. The highest BCUT2D eigenvalue weighted by Gasteiger charge is 2.13. The van der Waals surface area contributed by atoms with Crippen LogP contribution in [0.15, 0.2) is 71.3 Å². The average molecular weight is 580 g/mol. The highest BCUT2D eigenvalue weighted by Crippen LogP contribution is 2.27. The molecule has 0 radical (unpaired) electrons. The number of aromatic nitrogens is 2. The molecule has 1 aromatic heterocycles. The number of ether oxygens (including phenoxy) is 1. The van der Waals surface area contributed by atoms with Crippen molar-refractivity contribution >= 4 is 62.5 Å². The monoisotopic (exact) mass is 577 g/mol. The molecule has 0 aliphatic rings. The van der Waals surface area contributed by atoms with Gasteiger partial charge in [-0.15, -0.1) is 0 Å². The summed E-state index contributed by atoms with van der Waals surface area (Å²) in [4.78, 5) is 12.9. The van der Waals surface area contributed by atoms with Crippen LogP contribution >= 0.6 is 50.7 Å². The van der Waals surface area contributed by atoms with Gasteiger partial charge in [-0.1, -0.05) is 59.1 Å². The van der Waals surface area contributed by atoms with E-state index in [1.165, 1.54) is 0 Å². The zero-order valence-corrected chi connectivity index (χ0v) is 21.8. The smallest absolute Gasteiger partial charge is 0.256 e. The second kappa shape index (κ2) is 10.8. The minimum atomic E-state index is -0.282. The SMILES string of the molecule is Cc1ccc(Cl)c(OCc2cccc(C(=O)Nc3nn(Cc4ccc(Cl)c(Cl)c4)cc3Br)c2)c1. The van der Waals surface area contributed by atoms with E-state index in [1.54, 1.807) is 41.2 Å². The largest absolute Gasteiger partial charge is 0.487 e. The van der Waals surface area contributed by atoms with Gasteiger partial charge in [0.25, 0.3) is 5.91 Å². The van der Waals surface area contributed by atoms with Gasteiger partial charge in [0.15, 0.2) is 5.82 Å². The van der Waals surface area contributed by atoms with Gasteiger partial charge in [0.2, 0.25) is 0 Å². The van der Waals surface area contributed by atoms with Crippen molar-refractivity contribution < 1.29 is 9.53 Å². The van der Waals surface area contributed by atoms with Gasteiger partial charge in [-0.3, -0.25) is 9.48 Å². The zero-order valence-electron chi connectivity index (χ0n) is 18.0. The van der Waals surface area contributed by atoms with Gasteiger partial charge in [-0.05, 0) is 75.9 Å². The first kappa shape index (κ1) is 24.6. The Bertz CT molecular complexity index is 1360. The predicted molar refractivity (Wildman–Crippen MR) is 140 cm³/mol. The molecule has 0 bridgehead atoms. The Hall–Kier alpha value is -2.51. The van der Waals surface area contributed by atoms with Gasteiger partial charge >= 0.3 is 0 Å². The lowest BCUT2D eigenvalue weighted by molar-refractivity contribution is 0.102. The fraction of sp³-hybridized carbons (Fsp3) is 0.120. The van der Waals surface area contributed by atoms with Crippen LogP contribution in [-0.4, -0.2) is 15.7 Å². The van der Waals surface area contributed by atoms with Crippen LogP contribution in [0.5, 0.6) is 5.75 Å². The van der Waals surface area contributed by atoms with Crippen molar-refractivity contribution in [2.45, 2.75) is 20.1 Å². The number of carbonyl (C=O) groups is 1. The summed E-state index contributed by atoms with van der Waals surface area (Å²) in [5.41, 5.74) is 3.32. The topological polar surface area (TPSA) is 56.1 Å². The normalized spacial score (nSPS) is 10.9. The molecule has 0 fully saturated rings. The summed E-state index contributed by atoms with van der Waals surface area (Å²) in [5.74, 6) is 0.738. The number of aryl methyl sites for hydroxylation is 1. The van der Waals surface area contributed by atoms with Crippen molar-refractivity contribution in [2.75, 3.05) is 5.32 Å². The lowest BCUT2D eigenvalue weighted by Gasteiger charge is -2.10. The minimum absolute atomic E-state index is 0.282. The van der Waals surface area contributed by atoms with Crippen molar-refractivity contribution in [1.29, 1.82) is 0 Å². The van der Waals surface area contributed by atoms with Crippen LogP contribution in [0.1, 0.15) is 27.0 Å². The molecule has 3 aromatic carbocycles. The van der Waals surface area contributed by atoms with E-state index in [0.717, 1.165) is 16.7 Å². The summed E-state index contributed by atoms with van der Waals surface area (Å²) in [6, 6.07) is 18.2. The highest BCUT2D eigenvalue weighted by molar-refractivity contribution is 9.10. The van der Waals surface area contributed by atoms with Crippen molar-refractivity contribution in [3.05, 3.63) is 109 Å². The second-order valence-electron chi connectivity index (χ2n) is 7.65. The molecule has 1 amide bonds. The number of nitrogens with zero attached hydrogens (tertiary/aromatic N) is 2. The first-order valence-electron chi connectivity index (χ1n) is 10.2. The first-order chi connectivity index (χ1) is 16.3. The average Bonchev–Trinajstić information content (AvgIpc) is 3.15. The Morgan fingerprint density at radius 2 is 1.79 bits per heavy atom. The molecule has 1 N–H and O–H groups in total. The number of benzene rings is 3. The maximum atomic E-state index is 12.9. The number of hydrogen-bond donors (Lipinski definition) is 1. The molecular formula is C25H19BrCl3N3O2. The molecule has 9 heteroatoms. The fourth-order valence-corrected chi connectivity index (χ4v) is 4.16. The van der Waals surface area contributed by atoms with Crippen molar-refractivity contribution in [1.82, 2.24) is 9.78 Å². The van der Waals surface area contributed by atoms with Crippen LogP contribution in [0.2, 0.25) is 15.1 Å². The maximum Gasteiger partial charge on any atom is 0.256 e. The molecule has 0 atom stereocenters. The lowest BCUT2D eigenvalue weighted by atomic mass is 10.1. The van der Waals surface area contributed by atoms with Crippen LogP contribution < -0.4 is 10.1 Å². The Morgan fingerprint density at radius 3 is 2.59 bits per heavy atom. The number of halogens is 4. The van der Waals surface area contributed by atoms with Gasteiger partial charge in [0, 0.05) is 11.8 Å². The Kier molecular flexibility index (Phi) is 7.84. The zero-order chi connectivity index (χ0) is 24.2. The molecule has 4 aromatic rings. The Labute approximate surface area is 220 Å². The summed E-state index contributed by atoms with van der Waals surface area (Å²) in [7, 11) is 0. The molecule has 0 saturated carbocycles. The predicted octanol–water partition coefficient (Wildman–Crippen LogP) is 7.79. The molecule has 174 valence electrons. The third-order valence-electron chi connectivity index (χ3n) is 4.95. The molecule has 4 rings (SSSR count). The van der Waals surface area contributed by atoms with Crippen LogP contribution in [0.4, 0.5) is 5.82 Å². The molecule has 1 heterocycles. The number of rotatable bonds is 7. The van der Waals surface area contributed by atoms with Crippen molar-refractivity contribution in [3.8, 4) is 5.75 Å². The summed E-state index contributed by atoms with van der Waals surface area (Å²) >= 11 is 21.7. The molecule has 34 heavy (non-hydrogen) atoms. The standard InChI is InChI=1S/C25H19BrCl3N3O2/c1-15-5-7-21(28)23(9-15)34-14-17-3-2-4-18(10-17)25(33)30-24-19(26)13-32(31-24)12-16-6-8-20(27)22(29)11-16/h2-11,13H,12,14H2,1H3,(H,30,31,33). The minimum Gasteiger partial charge on any atom is -0.487 e. The van der Waals surface area contributed by atoms with Gasteiger partial charge < -0.3 is 10.1 Å². The first-order valence-corrected chi connectivity index (χ1v) is 12.2. The number of carbonyl (C=O) groups excluding carboxylic acids is 1. The summed E-state index contributed by atoms with van der Waals surface area (Å²) in [6.07, 6.45) is 1.79. The second-order valence-corrected chi connectivity index (χ2v) is 9.72. The molecule has 0 unspecified atom stereocenters. The van der Waals surface area contributed by atoms with E-state index in [2.05, 4.69) is 26.3 Å². The van der Waals surface area contributed by atoms with E-state index in [1.807, 2.05) is 37.3 Å². The molecule has 0 aliphatic heterocycles. The van der Waals surface area contributed by atoms with Gasteiger partial charge in [0.05, 0.1) is 26.1 Å². The van der Waals surface area contributed by atoms with Crippen LogP contribution in [-0.2, 0) is 13.2 Å². The third-order valence-corrected chi connectivity index (χ3v) is 6.58. The quantitative estimate of drug-likeness (QED) is 0.243. The number of hydrogen-bond acceptors (Lipinski definition) is 3. The van der Waals surface area contributed by atoms with E-state index in [-0.39, 0.29) is 12.5 Å². The summed E-state index contributed by atoms with van der Waals surface area (Å²) < 4.78 is 8.21. The number of anilines is 1.